The molecule has 2 saturated heterocycles. The number of anilines is 2. The lowest BCUT2D eigenvalue weighted by atomic mass is 9.88. The Kier molecular flexibility index (Phi) is 10.7. The van der Waals surface area contributed by atoms with Crippen LogP contribution in [-0.2, 0) is 4.79 Å². The van der Waals surface area contributed by atoms with Crippen LogP contribution >= 0.6 is 0 Å². The first-order valence-corrected chi connectivity index (χ1v) is 15.2. The number of likely N-dealkylation sites (tertiary alicyclic amines) is 1. The summed E-state index contributed by atoms with van der Waals surface area (Å²) in [5.41, 5.74) is 13.2. The van der Waals surface area contributed by atoms with E-state index in [9.17, 15) is 4.79 Å². The number of allylic oxidation sites excluding steroid dienone is 1. The summed E-state index contributed by atoms with van der Waals surface area (Å²) in [6.07, 6.45) is 8.98. The van der Waals surface area contributed by atoms with Crippen molar-refractivity contribution in [1.82, 2.24) is 15.1 Å². The van der Waals surface area contributed by atoms with Crippen LogP contribution in [0.1, 0.15) is 68.1 Å². The van der Waals surface area contributed by atoms with E-state index >= 15 is 0 Å². The number of benzene rings is 2. The Bertz CT molecular complexity index is 1190. The quantitative estimate of drug-likeness (QED) is 0.218. The Hall–Kier alpha value is -3.51. The molecule has 41 heavy (non-hydrogen) atoms. The predicted molar refractivity (Wildman–Crippen MR) is 173 cm³/mol. The molecular formula is C35H49N5O. The molecule has 0 spiro atoms. The Morgan fingerprint density at radius 1 is 1.07 bits per heavy atom. The average Bonchev–Trinajstić information content (AvgIpc) is 2.98. The van der Waals surface area contributed by atoms with Gasteiger partial charge >= 0.3 is 0 Å². The normalized spacial score (nSPS) is 17.6. The number of hydrogen-bond donors (Lipinski definition) is 2. The van der Waals surface area contributed by atoms with Crippen molar-refractivity contribution < 1.29 is 4.79 Å². The van der Waals surface area contributed by atoms with Gasteiger partial charge in [0.05, 0.1) is 0 Å². The fourth-order valence-electron chi connectivity index (χ4n) is 6.38. The molecule has 0 saturated carbocycles. The van der Waals surface area contributed by atoms with E-state index in [1.165, 1.54) is 56.6 Å². The summed E-state index contributed by atoms with van der Waals surface area (Å²) in [5.74, 6) is 1.40. The van der Waals surface area contributed by atoms with Gasteiger partial charge in [-0.1, -0.05) is 37.9 Å². The van der Waals surface area contributed by atoms with Gasteiger partial charge in [0, 0.05) is 54.0 Å². The van der Waals surface area contributed by atoms with Crippen molar-refractivity contribution in [3.8, 4) is 0 Å². The molecular weight excluding hydrogens is 506 g/mol. The molecule has 4 rings (SSSR count). The number of nitrogens with one attached hydrogen (secondary N) is 1. The van der Waals surface area contributed by atoms with Crippen molar-refractivity contribution in [3.63, 3.8) is 0 Å². The molecule has 2 heterocycles. The van der Waals surface area contributed by atoms with Crippen molar-refractivity contribution in [2.75, 3.05) is 43.4 Å². The van der Waals surface area contributed by atoms with Crippen LogP contribution in [0.4, 0.5) is 11.4 Å². The maximum atomic E-state index is 12.1. The van der Waals surface area contributed by atoms with Crippen LogP contribution in [0.5, 0.6) is 0 Å². The maximum Gasteiger partial charge on any atom is 0.214 e. The Morgan fingerprint density at radius 3 is 2.39 bits per heavy atom. The number of carbonyl (C=O) groups excluding carboxylic acids is 1. The fourth-order valence-corrected chi connectivity index (χ4v) is 6.38. The van der Waals surface area contributed by atoms with E-state index < -0.39 is 0 Å². The SMILES string of the molecule is C=CNC(=C)CCC(C)N(C=O)C(=C)c1cc(N2CCC(CN3CCC(c4ccc(N)cc4)CC3)CC2)ccc1C. The number of carbonyl (C=O) groups is 1. The van der Waals surface area contributed by atoms with Gasteiger partial charge in [0.25, 0.3) is 0 Å². The molecule has 2 aromatic rings. The molecule has 3 N–H and O–H groups in total. The van der Waals surface area contributed by atoms with E-state index in [0.717, 1.165) is 66.5 Å². The monoisotopic (exact) mass is 555 g/mol. The van der Waals surface area contributed by atoms with Gasteiger partial charge in [-0.05, 0) is 119 Å². The number of nitrogens with zero attached hydrogens (tertiary/aromatic N) is 3. The second kappa shape index (κ2) is 14.4. The number of piperidine rings is 2. The molecule has 0 aromatic heterocycles. The molecule has 1 atom stereocenters. The Labute approximate surface area is 247 Å². The zero-order valence-corrected chi connectivity index (χ0v) is 25.2. The van der Waals surface area contributed by atoms with Crippen LogP contribution in [0.25, 0.3) is 5.70 Å². The highest BCUT2D eigenvalue weighted by Gasteiger charge is 2.26. The van der Waals surface area contributed by atoms with Crippen molar-refractivity contribution >= 4 is 23.5 Å². The molecule has 0 radical (unpaired) electrons. The van der Waals surface area contributed by atoms with Gasteiger partial charge in [0.2, 0.25) is 6.41 Å². The third-order valence-electron chi connectivity index (χ3n) is 9.09. The second-order valence-corrected chi connectivity index (χ2v) is 12.0. The highest BCUT2D eigenvalue weighted by molar-refractivity contribution is 5.76. The van der Waals surface area contributed by atoms with E-state index in [1.807, 2.05) is 12.1 Å². The van der Waals surface area contributed by atoms with E-state index in [2.05, 4.69) is 79.0 Å². The number of rotatable bonds is 13. The zero-order valence-electron chi connectivity index (χ0n) is 25.2. The minimum Gasteiger partial charge on any atom is -0.399 e. The standard InChI is InChI=1S/C35H49N5O/c1-6-37-27(3)8-9-28(4)40(25-41)29(5)35-23-34(14-7-26(35)2)39-21-15-30(16-22-39)24-38-19-17-32(18-20-38)31-10-12-33(36)13-11-31/h6-7,10-14,23,25,28,30,32,37H,1,3,5,8-9,15-22,24,36H2,2,4H3. The van der Waals surface area contributed by atoms with Crippen LogP contribution < -0.4 is 16.0 Å². The third-order valence-corrected chi connectivity index (χ3v) is 9.09. The van der Waals surface area contributed by atoms with E-state index in [-0.39, 0.29) is 6.04 Å². The summed E-state index contributed by atoms with van der Waals surface area (Å²) < 4.78 is 0. The molecule has 0 aliphatic carbocycles. The van der Waals surface area contributed by atoms with Crippen molar-refractivity contribution in [2.24, 2.45) is 5.92 Å². The van der Waals surface area contributed by atoms with E-state index in [4.69, 9.17) is 5.73 Å². The van der Waals surface area contributed by atoms with Gasteiger partial charge in [-0.15, -0.1) is 0 Å². The van der Waals surface area contributed by atoms with Crippen molar-refractivity contribution in [2.45, 2.75) is 64.3 Å². The molecule has 6 heteroatoms. The molecule has 0 bridgehead atoms. The number of amides is 1. The topological polar surface area (TPSA) is 64.8 Å². The molecule has 1 unspecified atom stereocenters. The summed E-state index contributed by atoms with van der Waals surface area (Å²) in [6, 6.07) is 15.1. The van der Waals surface area contributed by atoms with Crippen LogP contribution in [-0.4, -0.2) is 55.0 Å². The minimum atomic E-state index is 0.0127. The Morgan fingerprint density at radius 2 is 1.76 bits per heavy atom. The molecule has 220 valence electrons. The lowest BCUT2D eigenvalue weighted by Gasteiger charge is -2.38. The first-order valence-electron chi connectivity index (χ1n) is 15.2. The van der Waals surface area contributed by atoms with Gasteiger partial charge in [-0.3, -0.25) is 4.79 Å². The first-order chi connectivity index (χ1) is 19.8. The van der Waals surface area contributed by atoms with Crippen molar-refractivity contribution in [3.05, 3.63) is 90.8 Å². The molecule has 2 aliphatic rings. The van der Waals surface area contributed by atoms with Gasteiger partial charge < -0.3 is 25.8 Å². The average molecular weight is 556 g/mol. The van der Waals surface area contributed by atoms with Gasteiger partial charge in [0.1, 0.15) is 0 Å². The number of nitrogens with two attached hydrogens (primary N) is 1. The van der Waals surface area contributed by atoms with Crippen molar-refractivity contribution in [1.29, 1.82) is 0 Å². The Balaban J connectivity index is 1.28. The number of nitrogen functional groups attached to an aromatic ring is 1. The maximum absolute atomic E-state index is 12.1. The van der Waals surface area contributed by atoms with Gasteiger partial charge in [-0.2, -0.15) is 0 Å². The lowest BCUT2D eigenvalue weighted by Crippen LogP contribution is -2.41. The summed E-state index contributed by atoms with van der Waals surface area (Å²) in [5, 5.41) is 3.04. The third kappa shape index (κ3) is 8.04. The molecule has 2 aliphatic heterocycles. The van der Waals surface area contributed by atoms with Crippen LogP contribution in [0.15, 0.2) is 74.1 Å². The number of hydrogen-bond acceptors (Lipinski definition) is 5. The lowest BCUT2D eigenvalue weighted by molar-refractivity contribution is -0.116. The number of aryl methyl sites for hydroxylation is 1. The predicted octanol–water partition coefficient (Wildman–Crippen LogP) is 6.52. The zero-order chi connectivity index (χ0) is 29.4. The minimum absolute atomic E-state index is 0.0127. The molecule has 1 amide bonds. The van der Waals surface area contributed by atoms with Crippen LogP contribution in [0.2, 0.25) is 0 Å². The first kappa shape index (κ1) is 30.4. The highest BCUT2D eigenvalue weighted by atomic mass is 16.1. The highest BCUT2D eigenvalue weighted by Crippen LogP contribution is 2.32. The van der Waals surface area contributed by atoms with Crippen LogP contribution in [0, 0.1) is 12.8 Å². The van der Waals surface area contributed by atoms with Gasteiger partial charge in [-0.25, -0.2) is 0 Å². The largest absolute Gasteiger partial charge is 0.399 e. The van der Waals surface area contributed by atoms with E-state index in [1.54, 1.807) is 11.1 Å². The molecule has 2 fully saturated rings. The second-order valence-electron chi connectivity index (χ2n) is 12.0. The molecule has 6 nitrogen and oxygen atoms in total. The summed E-state index contributed by atoms with van der Waals surface area (Å²) in [7, 11) is 0. The van der Waals surface area contributed by atoms with Crippen LogP contribution in [0.3, 0.4) is 0 Å². The summed E-state index contributed by atoms with van der Waals surface area (Å²) in [4.78, 5) is 19.1. The molecule has 2 aromatic carbocycles. The summed E-state index contributed by atoms with van der Waals surface area (Å²) >= 11 is 0. The van der Waals surface area contributed by atoms with Gasteiger partial charge in [0.15, 0.2) is 0 Å². The fraction of sp³-hybridized carbons (Fsp3) is 0.457. The van der Waals surface area contributed by atoms with E-state index in [0.29, 0.717) is 5.92 Å². The summed E-state index contributed by atoms with van der Waals surface area (Å²) in [6.45, 7) is 21.9. The smallest absolute Gasteiger partial charge is 0.214 e.